The predicted octanol–water partition coefficient (Wildman–Crippen LogP) is 2.58. The first-order valence-electron chi connectivity index (χ1n) is 7.69. The standard InChI is InChI=1S/C17H21N5O/c1-13-7-4-5-8-15(13)23-10-6-9-21(2)16-14-11-20-22(3)17(14)19-12-18-16/h4-5,7-8,11-12H,6,9-10H2,1-3H3. The van der Waals surface area contributed by atoms with Gasteiger partial charge in [0.05, 0.1) is 18.2 Å². The first-order chi connectivity index (χ1) is 11.2. The lowest BCUT2D eigenvalue weighted by Crippen LogP contribution is -2.21. The van der Waals surface area contributed by atoms with E-state index in [1.807, 2.05) is 38.5 Å². The van der Waals surface area contributed by atoms with Crippen LogP contribution in [0.1, 0.15) is 12.0 Å². The van der Waals surface area contributed by atoms with Gasteiger partial charge in [-0.1, -0.05) is 18.2 Å². The molecule has 3 aromatic rings. The molecular formula is C17H21N5O. The predicted molar refractivity (Wildman–Crippen MR) is 90.9 cm³/mol. The lowest BCUT2D eigenvalue weighted by molar-refractivity contribution is 0.310. The van der Waals surface area contributed by atoms with Crippen LogP contribution in [0.5, 0.6) is 5.75 Å². The lowest BCUT2D eigenvalue weighted by Gasteiger charge is -2.18. The summed E-state index contributed by atoms with van der Waals surface area (Å²) in [4.78, 5) is 10.8. The van der Waals surface area contributed by atoms with Gasteiger partial charge in [-0.3, -0.25) is 4.68 Å². The average molecular weight is 311 g/mol. The van der Waals surface area contributed by atoms with Crippen molar-refractivity contribution < 1.29 is 4.74 Å². The summed E-state index contributed by atoms with van der Waals surface area (Å²) < 4.78 is 7.60. The van der Waals surface area contributed by atoms with Crippen molar-refractivity contribution in [3.05, 3.63) is 42.4 Å². The molecule has 0 aliphatic heterocycles. The largest absolute Gasteiger partial charge is 0.493 e. The highest BCUT2D eigenvalue weighted by molar-refractivity contribution is 5.86. The summed E-state index contributed by atoms with van der Waals surface area (Å²) in [5, 5.41) is 5.22. The van der Waals surface area contributed by atoms with Gasteiger partial charge >= 0.3 is 0 Å². The van der Waals surface area contributed by atoms with Crippen molar-refractivity contribution in [2.24, 2.45) is 7.05 Å². The molecule has 0 atom stereocenters. The van der Waals surface area contributed by atoms with E-state index in [0.717, 1.165) is 41.1 Å². The van der Waals surface area contributed by atoms with Gasteiger partial charge in [0.25, 0.3) is 0 Å². The molecule has 0 bridgehead atoms. The molecule has 0 aliphatic carbocycles. The Morgan fingerprint density at radius 3 is 2.87 bits per heavy atom. The number of fused-ring (bicyclic) bond motifs is 1. The van der Waals surface area contributed by atoms with E-state index in [9.17, 15) is 0 Å². The summed E-state index contributed by atoms with van der Waals surface area (Å²) in [6, 6.07) is 8.07. The van der Waals surface area contributed by atoms with Crippen molar-refractivity contribution in [3.8, 4) is 5.75 Å². The molecule has 0 fully saturated rings. The van der Waals surface area contributed by atoms with Crippen molar-refractivity contribution >= 4 is 16.9 Å². The molecule has 0 aliphatic rings. The third-order valence-corrected chi connectivity index (χ3v) is 3.86. The summed E-state index contributed by atoms with van der Waals surface area (Å²) >= 11 is 0. The number of para-hydroxylation sites is 1. The summed E-state index contributed by atoms with van der Waals surface area (Å²) in [5.74, 6) is 1.85. The van der Waals surface area contributed by atoms with Crippen LogP contribution in [0.25, 0.3) is 11.0 Å². The molecule has 6 heteroatoms. The normalized spacial score (nSPS) is 10.9. The number of benzene rings is 1. The molecule has 3 rings (SSSR count). The fourth-order valence-corrected chi connectivity index (χ4v) is 2.56. The molecule has 2 aromatic heterocycles. The van der Waals surface area contributed by atoms with Gasteiger partial charge in [-0.25, -0.2) is 9.97 Å². The van der Waals surface area contributed by atoms with E-state index in [4.69, 9.17) is 4.74 Å². The number of aromatic nitrogens is 4. The van der Waals surface area contributed by atoms with Crippen LogP contribution < -0.4 is 9.64 Å². The van der Waals surface area contributed by atoms with Gasteiger partial charge in [-0.05, 0) is 25.0 Å². The maximum absolute atomic E-state index is 5.84. The van der Waals surface area contributed by atoms with Crippen molar-refractivity contribution in [2.75, 3.05) is 25.1 Å². The Balaban J connectivity index is 1.59. The van der Waals surface area contributed by atoms with Gasteiger partial charge in [0.15, 0.2) is 5.65 Å². The fraction of sp³-hybridized carbons (Fsp3) is 0.353. The number of aryl methyl sites for hydroxylation is 2. The summed E-state index contributed by atoms with van der Waals surface area (Å²) in [5.41, 5.74) is 2.01. The van der Waals surface area contributed by atoms with Crippen LogP contribution in [0.2, 0.25) is 0 Å². The maximum atomic E-state index is 5.84. The minimum Gasteiger partial charge on any atom is -0.493 e. The van der Waals surface area contributed by atoms with Crippen molar-refractivity contribution in [3.63, 3.8) is 0 Å². The molecule has 6 nitrogen and oxygen atoms in total. The molecule has 23 heavy (non-hydrogen) atoms. The quantitative estimate of drug-likeness (QED) is 0.655. The minimum atomic E-state index is 0.677. The summed E-state index contributed by atoms with van der Waals surface area (Å²) in [7, 11) is 3.91. The molecule has 0 N–H and O–H groups in total. The van der Waals surface area contributed by atoms with Gasteiger partial charge in [0, 0.05) is 20.6 Å². The molecule has 0 saturated heterocycles. The number of anilines is 1. The Morgan fingerprint density at radius 1 is 1.22 bits per heavy atom. The highest BCUT2D eigenvalue weighted by atomic mass is 16.5. The summed E-state index contributed by atoms with van der Waals surface area (Å²) in [6.45, 7) is 3.59. The molecule has 0 spiro atoms. The second kappa shape index (κ2) is 6.64. The zero-order valence-electron chi connectivity index (χ0n) is 13.7. The molecule has 0 saturated carbocycles. The molecule has 2 heterocycles. The third kappa shape index (κ3) is 3.26. The molecule has 120 valence electrons. The van der Waals surface area contributed by atoms with E-state index >= 15 is 0 Å². The van der Waals surface area contributed by atoms with Crippen LogP contribution in [-0.2, 0) is 7.05 Å². The molecule has 0 radical (unpaired) electrons. The first-order valence-corrected chi connectivity index (χ1v) is 7.69. The smallest absolute Gasteiger partial charge is 0.163 e. The highest BCUT2D eigenvalue weighted by Gasteiger charge is 2.11. The highest BCUT2D eigenvalue weighted by Crippen LogP contribution is 2.21. The number of rotatable bonds is 6. The number of hydrogen-bond donors (Lipinski definition) is 0. The first kappa shape index (κ1) is 15.3. The number of hydrogen-bond acceptors (Lipinski definition) is 5. The van der Waals surface area contributed by atoms with E-state index in [1.54, 1.807) is 11.0 Å². The Hall–Kier alpha value is -2.63. The SMILES string of the molecule is Cc1ccccc1OCCCN(C)c1ncnc2c1cnn2C. The molecular weight excluding hydrogens is 290 g/mol. The van der Waals surface area contributed by atoms with E-state index in [-0.39, 0.29) is 0 Å². The fourth-order valence-electron chi connectivity index (χ4n) is 2.56. The molecule has 0 unspecified atom stereocenters. The van der Waals surface area contributed by atoms with Crippen molar-refractivity contribution in [1.82, 2.24) is 19.7 Å². The van der Waals surface area contributed by atoms with Crippen LogP contribution in [0.15, 0.2) is 36.8 Å². The Labute approximate surface area is 135 Å². The van der Waals surface area contributed by atoms with Gasteiger partial charge < -0.3 is 9.64 Å². The third-order valence-electron chi connectivity index (χ3n) is 3.86. The van der Waals surface area contributed by atoms with E-state index in [2.05, 4.69) is 33.0 Å². The van der Waals surface area contributed by atoms with E-state index in [1.165, 1.54) is 0 Å². The van der Waals surface area contributed by atoms with Gasteiger partial charge in [0.2, 0.25) is 0 Å². The van der Waals surface area contributed by atoms with Crippen LogP contribution in [0, 0.1) is 6.92 Å². The minimum absolute atomic E-state index is 0.677. The van der Waals surface area contributed by atoms with Gasteiger partial charge in [-0.2, -0.15) is 5.10 Å². The monoisotopic (exact) mass is 311 g/mol. The van der Waals surface area contributed by atoms with E-state index in [0.29, 0.717) is 6.61 Å². The van der Waals surface area contributed by atoms with Crippen LogP contribution in [-0.4, -0.2) is 39.9 Å². The Bertz CT molecular complexity index is 799. The number of ether oxygens (including phenoxy) is 1. The van der Waals surface area contributed by atoms with Crippen LogP contribution in [0.4, 0.5) is 5.82 Å². The van der Waals surface area contributed by atoms with Crippen molar-refractivity contribution in [2.45, 2.75) is 13.3 Å². The Kier molecular flexibility index (Phi) is 4.41. The topological polar surface area (TPSA) is 56.1 Å². The second-order valence-electron chi connectivity index (χ2n) is 5.59. The molecule has 1 aromatic carbocycles. The van der Waals surface area contributed by atoms with Gasteiger partial charge in [-0.15, -0.1) is 0 Å². The average Bonchev–Trinajstić information content (AvgIpc) is 2.94. The maximum Gasteiger partial charge on any atom is 0.163 e. The second-order valence-corrected chi connectivity index (χ2v) is 5.59. The molecule has 0 amide bonds. The zero-order valence-corrected chi connectivity index (χ0v) is 13.7. The van der Waals surface area contributed by atoms with Gasteiger partial charge in [0.1, 0.15) is 17.9 Å². The van der Waals surface area contributed by atoms with Crippen molar-refractivity contribution in [1.29, 1.82) is 0 Å². The summed E-state index contributed by atoms with van der Waals surface area (Å²) in [6.07, 6.45) is 4.31. The Morgan fingerprint density at radius 2 is 2.04 bits per heavy atom. The zero-order chi connectivity index (χ0) is 16.2. The van der Waals surface area contributed by atoms with Crippen LogP contribution in [0.3, 0.4) is 0 Å². The lowest BCUT2D eigenvalue weighted by atomic mass is 10.2. The number of nitrogens with zero attached hydrogens (tertiary/aromatic N) is 5. The van der Waals surface area contributed by atoms with E-state index < -0.39 is 0 Å². The van der Waals surface area contributed by atoms with Crippen LogP contribution >= 0.6 is 0 Å².